The maximum Gasteiger partial charge on any atom is 0.0827 e. The van der Waals surface area contributed by atoms with Crippen molar-refractivity contribution in [1.29, 1.82) is 0 Å². The number of hydrogen-bond acceptors (Lipinski definition) is 3. The van der Waals surface area contributed by atoms with Crippen LogP contribution in [0.2, 0.25) is 0 Å². The van der Waals surface area contributed by atoms with E-state index in [1.54, 1.807) is 0 Å². The Kier molecular flexibility index (Phi) is 4.18. The molecule has 0 N–H and O–H groups in total. The van der Waals surface area contributed by atoms with E-state index < -0.39 is 0 Å². The molecule has 2 aliphatic carbocycles. The standard InChI is InChI=1S/C20H22O2S/c1-21-17-11-9-15-13(17)5-3-7-19(15)23-20-8-4-6-14-16(20)10-12-18(14)22-2/h3-8,17-18H,9-12H2,1-2H3. The minimum absolute atomic E-state index is 0.268. The summed E-state index contributed by atoms with van der Waals surface area (Å²) >= 11 is 1.91. The molecule has 0 saturated carbocycles. The highest BCUT2D eigenvalue weighted by atomic mass is 32.2. The molecule has 0 spiro atoms. The predicted molar refractivity (Wildman–Crippen MR) is 93.1 cm³/mol. The summed E-state index contributed by atoms with van der Waals surface area (Å²) in [4.78, 5) is 2.77. The molecule has 0 fully saturated rings. The molecule has 4 rings (SSSR count). The van der Waals surface area contributed by atoms with E-state index in [2.05, 4.69) is 36.4 Å². The van der Waals surface area contributed by atoms with Gasteiger partial charge in [-0.25, -0.2) is 0 Å². The van der Waals surface area contributed by atoms with Crippen molar-refractivity contribution in [3.63, 3.8) is 0 Å². The van der Waals surface area contributed by atoms with Gasteiger partial charge in [-0.05, 0) is 60.1 Å². The molecule has 0 aromatic heterocycles. The van der Waals surface area contributed by atoms with Crippen molar-refractivity contribution < 1.29 is 9.47 Å². The van der Waals surface area contributed by atoms with Gasteiger partial charge in [0.05, 0.1) is 12.2 Å². The summed E-state index contributed by atoms with van der Waals surface area (Å²) < 4.78 is 11.2. The first-order valence-corrected chi connectivity index (χ1v) is 9.10. The van der Waals surface area contributed by atoms with Gasteiger partial charge < -0.3 is 9.47 Å². The second-order valence-corrected chi connectivity index (χ2v) is 7.36. The molecule has 0 heterocycles. The second kappa shape index (κ2) is 6.31. The normalized spacial score (nSPS) is 22.2. The second-order valence-electron chi connectivity index (χ2n) is 6.28. The predicted octanol–water partition coefficient (Wildman–Crippen LogP) is 5.11. The fraction of sp³-hybridized carbons (Fsp3) is 0.400. The van der Waals surface area contributed by atoms with E-state index in [9.17, 15) is 0 Å². The van der Waals surface area contributed by atoms with Gasteiger partial charge >= 0.3 is 0 Å². The summed E-state index contributed by atoms with van der Waals surface area (Å²) in [5.74, 6) is 0. The first-order chi connectivity index (χ1) is 11.3. The Labute approximate surface area is 142 Å². The fourth-order valence-corrected chi connectivity index (χ4v) is 5.18. The van der Waals surface area contributed by atoms with Gasteiger partial charge in [0.25, 0.3) is 0 Å². The number of hydrogen-bond donors (Lipinski definition) is 0. The highest BCUT2D eigenvalue weighted by molar-refractivity contribution is 7.99. The molecule has 2 unspecified atom stereocenters. The Morgan fingerprint density at radius 1 is 0.783 bits per heavy atom. The van der Waals surface area contributed by atoms with Gasteiger partial charge in [-0.3, -0.25) is 0 Å². The van der Waals surface area contributed by atoms with Crippen molar-refractivity contribution in [3.05, 3.63) is 58.7 Å². The Balaban J connectivity index is 1.69. The van der Waals surface area contributed by atoms with Crippen LogP contribution < -0.4 is 0 Å². The van der Waals surface area contributed by atoms with Crippen LogP contribution in [0.25, 0.3) is 0 Å². The maximum absolute atomic E-state index is 5.62. The third-order valence-corrected chi connectivity index (χ3v) is 6.34. The number of benzene rings is 2. The molecular formula is C20H22O2S. The van der Waals surface area contributed by atoms with Crippen molar-refractivity contribution >= 4 is 11.8 Å². The van der Waals surface area contributed by atoms with Crippen molar-refractivity contribution in [2.75, 3.05) is 14.2 Å². The van der Waals surface area contributed by atoms with E-state index in [-0.39, 0.29) is 12.2 Å². The van der Waals surface area contributed by atoms with Crippen LogP contribution in [0, 0.1) is 0 Å². The Bertz CT molecular complexity index is 664. The zero-order valence-electron chi connectivity index (χ0n) is 13.7. The largest absolute Gasteiger partial charge is 0.377 e. The lowest BCUT2D eigenvalue weighted by atomic mass is 10.1. The summed E-state index contributed by atoms with van der Waals surface area (Å²) in [6.45, 7) is 0. The molecule has 0 aliphatic heterocycles. The third kappa shape index (κ3) is 2.61. The van der Waals surface area contributed by atoms with Crippen molar-refractivity contribution in [2.45, 2.75) is 47.7 Å². The van der Waals surface area contributed by atoms with Crippen LogP contribution in [0.3, 0.4) is 0 Å². The van der Waals surface area contributed by atoms with Crippen LogP contribution >= 0.6 is 11.8 Å². The summed E-state index contributed by atoms with van der Waals surface area (Å²) in [6.07, 6.45) is 4.97. The first-order valence-electron chi connectivity index (χ1n) is 8.29. The van der Waals surface area contributed by atoms with Gasteiger partial charge in [0.1, 0.15) is 0 Å². The highest BCUT2D eigenvalue weighted by Crippen LogP contribution is 2.45. The zero-order chi connectivity index (χ0) is 15.8. The molecule has 3 heteroatoms. The Morgan fingerprint density at radius 2 is 1.26 bits per heavy atom. The van der Waals surface area contributed by atoms with Crippen LogP contribution in [-0.4, -0.2) is 14.2 Å². The number of ether oxygens (including phenoxy) is 2. The molecule has 2 aliphatic rings. The van der Waals surface area contributed by atoms with Crippen molar-refractivity contribution in [2.24, 2.45) is 0 Å². The third-order valence-electron chi connectivity index (χ3n) is 5.13. The van der Waals surface area contributed by atoms with Gasteiger partial charge in [-0.1, -0.05) is 36.0 Å². The summed E-state index contributed by atoms with van der Waals surface area (Å²) in [5.41, 5.74) is 5.70. The van der Waals surface area contributed by atoms with Crippen LogP contribution in [0.4, 0.5) is 0 Å². The molecule has 2 aromatic rings. The smallest absolute Gasteiger partial charge is 0.0827 e. The SMILES string of the molecule is COC1CCc2c(Sc3cccc4c3CCC4OC)cccc21. The van der Waals surface area contributed by atoms with E-state index >= 15 is 0 Å². The average Bonchev–Trinajstić information content (AvgIpc) is 3.19. The lowest BCUT2D eigenvalue weighted by molar-refractivity contribution is 0.105. The van der Waals surface area contributed by atoms with Crippen molar-refractivity contribution in [1.82, 2.24) is 0 Å². The van der Waals surface area contributed by atoms with E-state index in [0.29, 0.717) is 0 Å². The molecular weight excluding hydrogens is 304 g/mol. The molecule has 23 heavy (non-hydrogen) atoms. The van der Waals surface area contributed by atoms with Crippen LogP contribution in [0.5, 0.6) is 0 Å². The molecule has 0 amide bonds. The van der Waals surface area contributed by atoms with E-state index in [1.807, 2.05) is 26.0 Å². The zero-order valence-corrected chi connectivity index (χ0v) is 14.5. The summed E-state index contributed by atoms with van der Waals surface area (Å²) in [7, 11) is 3.63. The molecule has 0 bridgehead atoms. The fourth-order valence-electron chi connectivity index (χ4n) is 3.96. The Morgan fingerprint density at radius 3 is 1.70 bits per heavy atom. The molecule has 2 nitrogen and oxygen atoms in total. The van der Waals surface area contributed by atoms with E-state index in [4.69, 9.17) is 9.47 Å². The average molecular weight is 326 g/mol. The number of methoxy groups -OCH3 is 2. The number of fused-ring (bicyclic) bond motifs is 2. The lowest BCUT2D eigenvalue weighted by Gasteiger charge is -2.14. The van der Waals surface area contributed by atoms with E-state index in [1.165, 1.54) is 32.0 Å². The topological polar surface area (TPSA) is 18.5 Å². The Hall–Kier alpha value is -1.29. The van der Waals surface area contributed by atoms with Crippen molar-refractivity contribution in [3.8, 4) is 0 Å². The first kappa shape index (κ1) is 15.3. The van der Waals surface area contributed by atoms with Gasteiger partial charge in [0, 0.05) is 24.0 Å². The van der Waals surface area contributed by atoms with Gasteiger partial charge in [-0.2, -0.15) is 0 Å². The van der Waals surface area contributed by atoms with E-state index in [0.717, 1.165) is 25.7 Å². The highest BCUT2D eigenvalue weighted by Gasteiger charge is 2.27. The monoisotopic (exact) mass is 326 g/mol. The molecule has 120 valence electrons. The maximum atomic E-state index is 5.62. The molecule has 2 aromatic carbocycles. The van der Waals surface area contributed by atoms with Crippen LogP contribution in [0.15, 0.2) is 46.2 Å². The number of rotatable bonds is 4. The summed E-state index contributed by atoms with van der Waals surface area (Å²) in [5, 5.41) is 0. The minimum atomic E-state index is 0.268. The van der Waals surface area contributed by atoms with Gasteiger partial charge in [-0.15, -0.1) is 0 Å². The molecule has 0 radical (unpaired) electrons. The van der Waals surface area contributed by atoms with Crippen LogP contribution in [-0.2, 0) is 22.3 Å². The minimum Gasteiger partial charge on any atom is -0.377 e. The van der Waals surface area contributed by atoms with Crippen LogP contribution in [0.1, 0.15) is 47.3 Å². The quantitative estimate of drug-likeness (QED) is 0.778. The summed E-state index contributed by atoms with van der Waals surface area (Å²) in [6, 6.07) is 13.3. The molecule has 0 saturated heterocycles. The van der Waals surface area contributed by atoms with Gasteiger partial charge in [0.2, 0.25) is 0 Å². The van der Waals surface area contributed by atoms with Gasteiger partial charge in [0.15, 0.2) is 0 Å². The molecule has 2 atom stereocenters. The lowest BCUT2D eigenvalue weighted by Crippen LogP contribution is -1.96.